The van der Waals surface area contributed by atoms with Gasteiger partial charge in [-0.2, -0.15) is 0 Å². The largest absolute Gasteiger partial charge is 0.477 e. The number of carboxylic acids is 2. The molecule has 3 rings (SSSR count). The van der Waals surface area contributed by atoms with Crippen molar-refractivity contribution in [1.29, 1.82) is 0 Å². The van der Waals surface area contributed by atoms with E-state index in [4.69, 9.17) is 0 Å². The Balaban J connectivity index is 2.27. The van der Waals surface area contributed by atoms with E-state index in [-0.39, 0.29) is 11.4 Å². The van der Waals surface area contributed by atoms with Crippen LogP contribution in [0.3, 0.4) is 0 Å². The van der Waals surface area contributed by atoms with E-state index in [1.54, 1.807) is 13.8 Å². The lowest BCUT2D eigenvalue weighted by atomic mass is 9.88. The Morgan fingerprint density at radius 3 is 2.15 bits per heavy atom. The predicted molar refractivity (Wildman–Crippen MR) is 102 cm³/mol. The first-order chi connectivity index (χ1) is 12.7. The number of hydrogen-bond acceptors (Lipinski definition) is 3. The maximum Gasteiger partial charge on any atom is 0.355 e. The minimum absolute atomic E-state index is 0.0807. The maximum atomic E-state index is 11.6. The maximum absolute atomic E-state index is 11.6. The third-order valence-corrected chi connectivity index (χ3v) is 5.07. The van der Waals surface area contributed by atoms with Crippen LogP contribution in [0.2, 0.25) is 0 Å². The zero-order valence-electron chi connectivity index (χ0n) is 15.3. The van der Waals surface area contributed by atoms with Gasteiger partial charge in [-0.15, -0.1) is 0 Å². The summed E-state index contributed by atoms with van der Waals surface area (Å²) < 4.78 is 0. The fourth-order valence-corrected chi connectivity index (χ4v) is 3.38. The molecule has 2 aromatic rings. The highest BCUT2D eigenvalue weighted by atomic mass is 16.4. The van der Waals surface area contributed by atoms with Crippen molar-refractivity contribution >= 4 is 17.7 Å². The Hall–Kier alpha value is -3.41. The molecule has 27 heavy (non-hydrogen) atoms. The molecule has 138 valence electrons. The minimum atomic E-state index is -1.13. The quantitative estimate of drug-likeness (QED) is 0.750. The van der Waals surface area contributed by atoms with Gasteiger partial charge in [-0.25, -0.2) is 14.6 Å². The summed E-state index contributed by atoms with van der Waals surface area (Å²) in [6.07, 6.45) is 0. The number of rotatable bonds is 5. The third-order valence-electron chi connectivity index (χ3n) is 5.07. The van der Waals surface area contributed by atoms with Crippen molar-refractivity contribution in [2.75, 3.05) is 0 Å². The van der Waals surface area contributed by atoms with Gasteiger partial charge >= 0.3 is 11.9 Å². The zero-order chi connectivity index (χ0) is 19.9. The Morgan fingerprint density at radius 2 is 1.67 bits per heavy atom. The molecule has 1 aliphatic heterocycles. The fraction of sp³-hybridized carbons (Fsp3) is 0.190. The number of hydrogen-bond donors (Lipinski definition) is 3. The molecular weight excluding hydrogens is 344 g/mol. The summed E-state index contributed by atoms with van der Waals surface area (Å²) >= 11 is 0. The number of nitrogens with one attached hydrogen (secondary N) is 1. The highest BCUT2D eigenvalue weighted by Crippen LogP contribution is 2.41. The van der Waals surface area contributed by atoms with Gasteiger partial charge in [-0.05, 0) is 43.0 Å². The van der Waals surface area contributed by atoms with Crippen LogP contribution in [0.15, 0.2) is 58.7 Å². The number of carbonyl (C=O) groups is 2. The normalized spacial score (nSPS) is 15.1. The van der Waals surface area contributed by atoms with E-state index in [0.29, 0.717) is 28.1 Å². The van der Waals surface area contributed by atoms with E-state index in [1.165, 1.54) is 0 Å². The first kappa shape index (κ1) is 18.4. The molecule has 0 radical (unpaired) electrons. The number of nitrogens with zero attached hydrogens (tertiary/aromatic N) is 1. The van der Waals surface area contributed by atoms with Crippen molar-refractivity contribution < 1.29 is 19.8 Å². The topological polar surface area (TPSA) is 103 Å². The van der Waals surface area contributed by atoms with Crippen LogP contribution >= 0.6 is 0 Å². The standard InChI is InChI=1S/C21H20N2O4/c1-10-12(3)18(20(24)25)22-16(10)15(14-8-6-5-7-9-14)17-11(2)13(4)19(23-17)21(26)27/h5-9,15,23H,3H2,1-2,4H3,(H,24,25)(H,26,27). The number of aliphatic imine (C=N–C) groups is 1. The molecular formula is C21H20N2O4. The number of allylic oxidation sites excluding steroid dienone is 2. The average molecular weight is 364 g/mol. The first-order valence-electron chi connectivity index (χ1n) is 8.43. The van der Waals surface area contributed by atoms with Crippen molar-refractivity contribution in [1.82, 2.24) is 4.98 Å². The molecule has 1 aromatic carbocycles. The minimum Gasteiger partial charge on any atom is -0.477 e. The van der Waals surface area contributed by atoms with Crippen molar-refractivity contribution in [2.24, 2.45) is 4.99 Å². The lowest BCUT2D eigenvalue weighted by Crippen LogP contribution is -2.12. The molecule has 6 heteroatoms. The summed E-state index contributed by atoms with van der Waals surface area (Å²) in [6.45, 7) is 9.25. The van der Waals surface area contributed by atoms with Gasteiger partial charge < -0.3 is 15.2 Å². The van der Waals surface area contributed by atoms with Crippen LogP contribution in [0, 0.1) is 13.8 Å². The van der Waals surface area contributed by atoms with E-state index >= 15 is 0 Å². The Kier molecular flexibility index (Phi) is 4.57. The number of aromatic nitrogens is 1. The lowest BCUT2D eigenvalue weighted by molar-refractivity contribution is -0.129. The van der Waals surface area contributed by atoms with Crippen LogP contribution in [0.1, 0.15) is 45.7 Å². The molecule has 0 aliphatic carbocycles. The number of benzene rings is 1. The Labute approximate surface area is 156 Å². The van der Waals surface area contributed by atoms with Gasteiger partial charge in [0.1, 0.15) is 5.69 Å². The second-order valence-electron chi connectivity index (χ2n) is 6.57. The average Bonchev–Trinajstić information content (AvgIpc) is 3.09. The van der Waals surface area contributed by atoms with Crippen LogP contribution in [-0.4, -0.2) is 32.8 Å². The van der Waals surface area contributed by atoms with Crippen molar-refractivity contribution in [3.8, 4) is 0 Å². The van der Waals surface area contributed by atoms with E-state index in [1.807, 2.05) is 37.3 Å². The smallest absolute Gasteiger partial charge is 0.355 e. The molecule has 0 amide bonds. The molecule has 1 aliphatic rings. The second kappa shape index (κ2) is 6.72. The summed E-state index contributed by atoms with van der Waals surface area (Å²) in [5, 5.41) is 18.9. The summed E-state index contributed by atoms with van der Waals surface area (Å²) in [4.78, 5) is 30.5. The van der Waals surface area contributed by atoms with Gasteiger partial charge in [0, 0.05) is 11.3 Å². The SMILES string of the molecule is C=C1C(C(=O)O)=NC(C(c2ccccc2)c2[nH]c(C(=O)O)c(C)c2C)=C1C. The van der Waals surface area contributed by atoms with Gasteiger partial charge in [0.05, 0.1) is 11.6 Å². The third kappa shape index (κ3) is 2.99. The molecule has 1 unspecified atom stereocenters. The van der Waals surface area contributed by atoms with E-state index in [0.717, 1.165) is 11.1 Å². The van der Waals surface area contributed by atoms with E-state index < -0.39 is 17.9 Å². The number of aromatic amines is 1. The van der Waals surface area contributed by atoms with Gasteiger partial charge in [0.25, 0.3) is 0 Å². The fourth-order valence-electron chi connectivity index (χ4n) is 3.38. The van der Waals surface area contributed by atoms with Gasteiger partial charge in [0.2, 0.25) is 0 Å². The highest BCUT2D eigenvalue weighted by Gasteiger charge is 2.33. The van der Waals surface area contributed by atoms with Crippen molar-refractivity contribution in [3.63, 3.8) is 0 Å². The molecule has 1 atom stereocenters. The summed E-state index contributed by atoms with van der Waals surface area (Å²) in [5.41, 5.74) is 4.70. The molecule has 3 N–H and O–H groups in total. The van der Waals surface area contributed by atoms with Gasteiger partial charge in [0.15, 0.2) is 5.71 Å². The molecule has 0 fully saturated rings. The van der Waals surface area contributed by atoms with Crippen LogP contribution in [-0.2, 0) is 4.79 Å². The van der Waals surface area contributed by atoms with Gasteiger partial charge in [-0.3, -0.25) is 0 Å². The summed E-state index contributed by atoms with van der Waals surface area (Å²) in [7, 11) is 0. The van der Waals surface area contributed by atoms with Crippen LogP contribution < -0.4 is 0 Å². The molecule has 2 heterocycles. The van der Waals surface area contributed by atoms with E-state index in [2.05, 4.69) is 16.6 Å². The van der Waals surface area contributed by atoms with Crippen molar-refractivity contribution in [3.05, 3.63) is 81.8 Å². The zero-order valence-corrected chi connectivity index (χ0v) is 15.3. The van der Waals surface area contributed by atoms with Gasteiger partial charge in [-0.1, -0.05) is 36.9 Å². The van der Waals surface area contributed by atoms with Crippen LogP contribution in [0.4, 0.5) is 0 Å². The number of aliphatic carboxylic acids is 1. The molecule has 1 aromatic heterocycles. The number of aromatic carboxylic acids is 1. The molecule has 6 nitrogen and oxygen atoms in total. The monoisotopic (exact) mass is 364 g/mol. The summed E-state index contributed by atoms with van der Waals surface area (Å²) in [5.74, 6) is -2.59. The van der Waals surface area contributed by atoms with Crippen LogP contribution in [0.25, 0.3) is 0 Å². The number of carboxylic acid groups (broad SMARTS) is 2. The van der Waals surface area contributed by atoms with Crippen LogP contribution in [0.5, 0.6) is 0 Å². The van der Waals surface area contributed by atoms with Crippen molar-refractivity contribution in [2.45, 2.75) is 26.7 Å². The molecule has 0 spiro atoms. The Morgan fingerprint density at radius 1 is 1.04 bits per heavy atom. The molecule has 0 bridgehead atoms. The lowest BCUT2D eigenvalue weighted by Gasteiger charge is -2.19. The second-order valence-corrected chi connectivity index (χ2v) is 6.57. The molecule has 0 saturated heterocycles. The highest BCUT2D eigenvalue weighted by molar-refractivity contribution is 6.44. The molecule has 0 saturated carbocycles. The number of H-pyrrole nitrogens is 1. The van der Waals surface area contributed by atoms with E-state index in [9.17, 15) is 19.8 Å². The first-order valence-corrected chi connectivity index (χ1v) is 8.43. The predicted octanol–water partition coefficient (Wildman–Crippen LogP) is 3.83. The Bertz CT molecular complexity index is 1030. The summed E-state index contributed by atoms with van der Waals surface area (Å²) in [6, 6.07) is 9.48.